The van der Waals surface area contributed by atoms with Crippen LogP contribution in [0.5, 0.6) is 0 Å². The molecule has 8 heteroatoms. The molecule has 0 saturated carbocycles. The van der Waals surface area contributed by atoms with Crippen molar-refractivity contribution in [1.29, 1.82) is 0 Å². The second-order valence-electron chi connectivity index (χ2n) is 5.79. The van der Waals surface area contributed by atoms with Gasteiger partial charge in [0.2, 0.25) is 0 Å². The van der Waals surface area contributed by atoms with Gasteiger partial charge in [-0.05, 0) is 30.3 Å². The van der Waals surface area contributed by atoms with Crippen molar-refractivity contribution in [2.24, 2.45) is 0 Å². The number of benzene rings is 2. The van der Waals surface area contributed by atoms with E-state index in [4.69, 9.17) is 17.3 Å². The van der Waals surface area contributed by atoms with Gasteiger partial charge in [0.25, 0.3) is 11.6 Å². The third-order valence-electron chi connectivity index (χ3n) is 4.21. The largest absolute Gasteiger partial charge is 0.399 e. The van der Waals surface area contributed by atoms with E-state index in [2.05, 4.69) is 0 Å². The summed E-state index contributed by atoms with van der Waals surface area (Å²) in [6.45, 7) is 2.32. The molecule has 130 valence electrons. The minimum absolute atomic E-state index is 0.0329. The first kappa shape index (κ1) is 17.0. The summed E-state index contributed by atoms with van der Waals surface area (Å²) in [5.74, 6) is -0.0329. The first-order chi connectivity index (χ1) is 12.0. The normalized spacial score (nSPS) is 14.4. The van der Waals surface area contributed by atoms with Crippen LogP contribution in [0.1, 0.15) is 10.4 Å². The van der Waals surface area contributed by atoms with E-state index in [0.29, 0.717) is 42.5 Å². The lowest BCUT2D eigenvalue weighted by atomic mass is 10.1. The summed E-state index contributed by atoms with van der Waals surface area (Å²) in [6, 6.07) is 11.3. The Labute approximate surface area is 149 Å². The van der Waals surface area contributed by atoms with Crippen LogP contribution in [0.25, 0.3) is 0 Å². The first-order valence-corrected chi connectivity index (χ1v) is 8.17. The van der Waals surface area contributed by atoms with Crippen molar-refractivity contribution in [2.45, 2.75) is 0 Å². The van der Waals surface area contributed by atoms with Gasteiger partial charge in [-0.2, -0.15) is 0 Å². The molecule has 1 fully saturated rings. The first-order valence-electron chi connectivity index (χ1n) is 7.79. The highest BCUT2D eigenvalue weighted by molar-refractivity contribution is 6.33. The van der Waals surface area contributed by atoms with Crippen molar-refractivity contribution in [3.05, 3.63) is 63.2 Å². The summed E-state index contributed by atoms with van der Waals surface area (Å²) < 4.78 is 0. The molecule has 1 aliphatic heterocycles. The molecule has 1 saturated heterocycles. The van der Waals surface area contributed by atoms with E-state index in [-0.39, 0.29) is 11.6 Å². The summed E-state index contributed by atoms with van der Waals surface area (Å²) in [7, 11) is 0. The van der Waals surface area contributed by atoms with Crippen LogP contribution in [0.3, 0.4) is 0 Å². The number of amides is 1. The lowest BCUT2D eigenvalue weighted by Gasteiger charge is -2.36. The third kappa shape index (κ3) is 3.66. The van der Waals surface area contributed by atoms with Gasteiger partial charge in [0.15, 0.2) is 0 Å². The summed E-state index contributed by atoms with van der Waals surface area (Å²) in [5, 5.41) is 11.1. The average Bonchev–Trinajstić information content (AvgIpc) is 2.62. The Kier molecular flexibility index (Phi) is 4.76. The molecule has 0 radical (unpaired) electrons. The highest BCUT2D eigenvalue weighted by Gasteiger charge is 2.24. The molecule has 1 amide bonds. The van der Waals surface area contributed by atoms with Gasteiger partial charge < -0.3 is 15.5 Å². The Morgan fingerprint density at radius 1 is 1.08 bits per heavy atom. The highest BCUT2D eigenvalue weighted by atomic mass is 35.5. The molecule has 25 heavy (non-hydrogen) atoms. The van der Waals surface area contributed by atoms with Crippen LogP contribution in [-0.4, -0.2) is 41.9 Å². The lowest BCUT2D eigenvalue weighted by molar-refractivity contribution is -0.384. The average molecular weight is 361 g/mol. The van der Waals surface area contributed by atoms with Crippen molar-refractivity contribution in [3.8, 4) is 0 Å². The standard InChI is InChI=1S/C17H17ClN4O3/c18-15-11-14(22(24)25)5-6-16(15)20-7-9-21(10-8-20)17(23)12-1-3-13(19)4-2-12/h1-6,11H,7-10,19H2. The zero-order valence-corrected chi connectivity index (χ0v) is 14.1. The Morgan fingerprint density at radius 2 is 1.72 bits per heavy atom. The van der Waals surface area contributed by atoms with Gasteiger partial charge in [0.05, 0.1) is 15.6 Å². The number of hydrogen-bond acceptors (Lipinski definition) is 5. The molecule has 1 heterocycles. The van der Waals surface area contributed by atoms with Crippen LogP contribution in [0.2, 0.25) is 5.02 Å². The molecule has 0 aliphatic carbocycles. The zero-order chi connectivity index (χ0) is 18.0. The van der Waals surface area contributed by atoms with E-state index in [1.807, 2.05) is 4.90 Å². The summed E-state index contributed by atoms with van der Waals surface area (Å²) in [4.78, 5) is 26.6. The second kappa shape index (κ2) is 6.98. The quantitative estimate of drug-likeness (QED) is 0.516. The Bertz CT molecular complexity index is 802. The molecule has 3 rings (SSSR count). The molecule has 2 aromatic carbocycles. The van der Waals surface area contributed by atoms with Gasteiger partial charge in [-0.1, -0.05) is 11.6 Å². The molecule has 0 atom stereocenters. The Hall–Kier alpha value is -2.80. The van der Waals surface area contributed by atoms with E-state index in [1.54, 1.807) is 35.2 Å². The molecule has 1 aliphatic rings. The monoisotopic (exact) mass is 360 g/mol. The topological polar surface area (TPSA) is 92.7 Å². The van der Waals surface area contributed by atoms with Crippen LogP contribution < -0.4 is 10.6 Å². The number of carbonyl (C=O) groups excluding carboxylic acids is 1. The lowest BCUT2D eigenvalue weighted by Crippen LogP contribution is -2.48. The molecule has 0 spiro atoms. The molecule has 7 nitrogen and oxygen atoms in total. The van der Waals surface area contributed by atoms with Gasteiger partial charge >= 0.3 is 0 Å². The maximum absolute atomic E-state index is 12.5. The number of non-ortho nitro benzene ring substituents is 1. The van der Waals surface area contributed by atoms with Crippen LogP contribution in [0.4, 0.5) is 17.1 Å². The van der Waals surface area contributed by atoms with Crippen LogP contribution >= 0.6 is 11.6 Å². The Morgan fingerprint density at radius 3 is 2.28 bits per heavy atom. The predicted molar refractivity (Wildman–Crippen MR) is 97.1 cm³/mol. The van der Waals surface area contributed by atoms with Gasteiger partial charge in [0.1, 0.15) is 0 Å². The minimum Gasteiger partial charge on any atom is -0.399 e. The highest BCUT2D eigenvalue weighted by Crippen LogP contribution is 2.30. The fourth-order valence-electron chi connectivity index (χ4n) is 2.82. The van der Waals surface area contributed by atoms with Crippen molar-refractivity contribution < 1.29 is 9.72 Å². The fourth-order valence-corrected chi connectivity index (χ4v) is 3.12. The van der Waals surface area contributed by atoms with E-state index >= 15 is 0 Å². The molecular formula is C17H17ClN4O3. The van der Waals surface area contributed by atoms with Gasteiger partial charge in [-0.25, -0.2) is 0 Å². The second-order valence-corrected chi connectivity index (χ2v) is 6.20. The number of nitro groups is 1. The molecule has 2 aromatic rings. The number of nitrogens with two attached hydrogens (primary N) is 1. The number of nitro benzene ring substituents is 1. The van der Waals surface area contributed by atoms with Gasteiger partial charge in [0, 0.05) is 49.6 Å². The maximum atomic E-state index is 12.5. The van der Waals surface area contributed by atoms with Crippen LogP contribution in [0, 0.1) is 10.1 Å². The van der Waals surface area contributed by atoms with Crippen molar-refractivity contribution in [1.82, 2.24) is 4.90 Å². The van der Waals surface area contributed by atoms with Crippen molar-refractivity contribution in [2.75, 3.05) is 36.8 Å². The molecule has 0 bridgehead atoms. The molecule has 0 aromatic heterocycles. The molecular weight excluding hydrogens is 344 g/mol. The molecule has 0 unspecified atom stereocenters. The number of halogens is 1. The number of nitrogens with zero attached hydrogens (tertiary/aromatic N) is 3. The number of piperazine rings is 1. The van der Waals surface area contributed by atoms with E-state index in [0.717, 1.165) is 5.69 Å². The summed E-state index contributed by atoms with van der Waals surface area (Å²) in [5.41, 5.74) is 7.58. The third-order valence-corrected chi connectivity index (χ3v) is 4.51. The fraction of sp³-hybridized carbons (Fsp3) is 0.235. The number of carbonyl (C=O) groups is 1. The molecule has 2 N–H and O–H groups in total. The predicted octanol–water partition coefficient (Wildman–Crippen LogP) is 2.79. The smallest absolute Gasteiger partial charge is 0.271 e. The summed E-state index contributed by atoms with van der Waals surface area (Å²) in [6.07, 6.45) is 0. The van der Waals surface area contributed by atoms with Crippen molar-refractivity contribution >= 4 is 34.6 Å². The summed E-state index contributed by atoms with van der Waals surface area (Å²) >= 11 is 6.18. The van der Waals surface area contributed by atoms with E-state index < -0.39 is 4.92 Å². The van der Waals surface area contributed by atoms with Crippen molar-refractivity contribution in [3.63, 3.8) is 0 Å². The van der Waals surface area contributed by atoms with Crippen LogP contribution in [0.15, 0.2) is 42.5 Å². The van der Waals surface area contributed by atoms with E-state index in [1.165, 1.54) is 12.1 Å². The number of rotatable bonds is 3. The number of anilines is 2. The Balaban J connectivity index is 1.66. The van der Waals surface area contributed by atoms with Gasteiger partial charge in [-0.3, -0.25) is 14.9 Å². The zero-order valence-electron chi connectivity index (χ0n) is 13.4. The van der Waals surface area contributed by atoms with Gasteiger partial charge in [-0.15, -0.1) is 0 Å². The minimum atomic E-state index is -0.473. The van der Waals surface area contributed by atoms with Crippen LogP contribution in [-0.2, 0) is 0 Å². The number of hydrogen-bond donors (Lipinski definition) is 1. The SMILES string of the molecule is Nc1ccc(C(=O)N2CCN(c3ccc([N+](=O)[O-])cc3Cl)CC2)cc1. The number of nitrogen functional groups attached to an aromatic ring is 1. The van der Waals surface area contributed by atoms with E-state index in [9.17, 15) is 14.9 Å². The maximum Gasteiger partial charge on any atom is 0.271 e.